The molecule has 2 aliphatic rings. The van der Waals surface area contributed by atoms with Crippen LogP contribution in [-0.2, 0) is 4.74 Å². The highest BCUT2D eigenvalue weighted by molar-refractivity contribution is 8.14. The Hall–Kier alpha value is -0.180. The Morgan fingerprint density at radius 1 is 1.41 bits per heavy atom. The number of fused-ring (bicyclic) bond motifs is 1. The molecule has 0 aromatic rings. The van der Waals surface area contributed by atoms with E-state index in [1.165, 1.54) is 11.8 Å². The highest BCUT2D eigenvalue weighted by Crippen LogP contribution is 2.34. The van der Waals surface area contributed by atoms with Crippen LogP contribution in [0.5, 0.6) is 0 Å². The Morgan fingerprint density at radius 2 is 2.18 bits per heavy atom. The highest BCUT2D eigenvalue weighted by atomic mass is 32.2. The Kier molecular flexibility index (Phi) is 4.40. The third-order valence-corrected chi connectivity index (χ3v) is 4.32. The van der Waals surface area contributed by atoms with Crippen molar-refractivity contribution >= 4 is 16.9 Å². The van der Waals surface area contributed by atoms with Crippen molar-refractivity contribution in [1.82, 2.24) is 0 Å². The minimum absolute atomic E-state index is 0.158. The number of ether oxygens (including phenoxy) is 1. The molecule has 98 valence electrons. The van der Waals surface area contributed by atoms with Crippen molar-refractivity contribution < 1.29 is 25.6 Å². The number of aliphatic hydroxyl groups is 2. The van der Waals surface area contributed by atoms with Crippen LogP contribution in [0.3, 0.4) is 0 Å². The van der Waals surface area contributed by atoms with Gasteiger partial charge in [0.2, 0.25) is 0 Å². The maximum absolute atomic E-state index is 10.1. The number of aliphatic imine (C=N–C) groups is 1. The summed E-state index contributed by atoms with van der Waals surface area (Å²) in [5.41, 5.74) is -0.158. The monoisotopic (exact) mass is 263 g/mol. The Balaban J connectivity index is 2.02. The van der Waals surface area contributed by atoms with Gasteiger partial charge in [-0.2, -0.15) is 0 Å². The fraction of sp³-hybridized carbons (Fsp3) is 0.900. The second kappa shape index (κ2) is 5.64. The van der Waals surface area contributed by atoms with Gasteiger partial charge >= 0.3 is 0 Å². The molecule has 0 unspecified atom stereocenters. The van der Waals surface area contributed by atoms with Gasteiger partial charge in [0, 0.05) is 0 Å². The summed E-state index contributed by atoms with van der Waals surface area (Å²) in [4.78, 5) is 4.35. The van der Waals surface area contributed by atoms with E-state index in [2.05, 4.69) is 10.3 Å². The van der Waals surface area contributed by atoms with Crippen molar-refractivity contribution in [1.29, 1.82) is 0 Å². The zero-order valence-corrected chi connectivity index (χ0v) is 10.9. The van der Waals surface area contributed by atoms with Crippen LogP contribution in [0, 0.1) is 0 Å². The van der Waals surface area contributed by atoms with Crippen molar-refractivity contribution in [2.24, 2.45) is 4.99 Å². The molecule has 0 aliphatic carbocycles. The predicted octanol–water partition coefficient (Wildman–Crippen LogP) is -3.32. The molecule has 1 saturated heterocycles. The molecule has 5 atom stereocenters. The summed E-state index contributed by atoms with van der Waals surface area (Å²) in [5.74, 6) is 0. The molecule has 6 N–H and O–H groups in total. The van der Waals surface area contributed by atoms with Crippen molar-refractivity contribution in [2.45, 2.75) is 36.7 Å². The average Bonchev–Trinajstić information content (AvgIpc) is 2.75. The summed E-state index contributed by atoms with van der Waals surface area (Å²) in [7, 11) is 1.91. The molecule has 0 radical (unpaired) electrons. The highest BCUT2D eigenvalue weighted by Gasteiger charge is 2.49. The van der Waals surface area contributed by atoms with E-state index in [4.69, 9.17) is 4.74 Å². The lowest BCUT2D eigenvalue weighted by atomic mass is 9.98. The number of likely N-dealkylation sites (N-methyl/N-ethyl adjacent to an activating group) is 1. The van der Waals surface area contributed by atoms with Gasteiger partial charge in [0.05, 0.1) is 13.6 Å². The van der Waals surface area contributed by atoms with Crippen LogP contribution >= 0.6 is 11.8 Å². The molecule has 17 heavy (non-hydrogen) atoms. The molecule has 0 amide bonds. The molecule has 2 aliphatic heterocycles. The van der Waals surface area contributed by atoms with E-state index in [9.17, 15) is 10.2 Å². The summed E-state index contributed by atoms with van der Waals surface area (Å²) in [6.07, 6.45) is -1.99. The van der Waals surface area contributed by atoms with Crippen LogP contribution in [0.4, 0.5) is 0 Å². The summed E-state index contributed by atoms with van der Waals surface area (Å²) in [6.45, 7) is 3.66. The number of rotatable bonds is 3. The van der Waals surface area contributed by atoms with E-state index in [-0.39, 0.29) is 17.6 Å². The summed E-state index contributed by atoms with van der Waals surface area (Å²) < 4.78 is 5.81. The molecular formula is C10H21N3O3S+2. The molecule has 0 aromatic carbocycles. The van der Waals surface area contributed by atoms with Crippen molar-refractivity contribution in [3.63, 3.8) is 0 Å². The minimum Gasteiger partial charge on any atom is -0.388 e. The number of aliphatic hydroxyl groups excluding tert-OH is 2. The average molecular weight is 263 g/mol. The number of quaternary nitrogens is 2. The first-order valence-electron chi connectivity index (χ1n) is 6.04. The fourth-order valence-corrected chi connectivity index (χ4v) is 3.23. The number of hydrogen-bond donors (Lipinski definition) is 4. The zero-order chi connectivity index (χ0) is 12.4. The first kappa shape index (κ1) is 13.3. The number of hydrogen-bond acceptors (Lipinski definition) is 5. The van der Waals surface area contributed by atoms with Crippen molar-refractivity contribution in [3.05, 3.63) is 0 Å². The van der Waals surface area contributed by atoms with Gasteiger partial charge in [-0.3, -0.25) is 5.32 Å². The molecule has 0 spiro atoms. The second-order valence-corrected chi connectivity index (χ2v) is 5.44. The van der Waals surface area contributed by atoms with Gasteiger partial charge in [-0.25, -0.2) is 4.99 Å². The van der Waals surface area contributed by atoms with Gasteiger partial charge in [0.15, 0.2) is 0 Å². The van der Waals surface area contributed by atoms with Crippen LogP contribution < -0.4 is 10.6 Å². The summed E-state index contributed by atoms with van der Waals surface area (Å²) in [6, 6.07) is -0.334. The second-order valence-electron chi connectivity index (χ2n) is 4.32. The molecule has 0 bridgehead atoms. The summed E-state index contributed by atoms with van der Waals surface area (Å²) in [5, 5.41) is 24.9. The van der Waals surface area contributed by atoms with E-state index < -0.39 is 12.2 Å². The van der Waals surface area contributed by atoms with E-state index in [1.807, 2.05) is 19.3 Å². The first-order valence-corrected chi connectivity index (χ1v) is 6.92. The van der Waals surface area contributed by atoms with Gasteiger partial charge in [0.25, 0.3) is 5.17 Å². The maximum Gasteiger partial charge on any atom is 0.258 e. The normalized spacial score (nSPS) is 41.2. The SMILES string of the molecule is CC[NH2+]C[C@H]1O[C@@H]2SC([NH2+]C)=N[C@@H]2[C@@H](O)[C@@H]1O. The standard InChI is InChI=1S/C10H19N3O3S/c1-3-12-4-5-7(14)8(15)6-9(16-5)17-10(11-2)13-6/h5-9,12,14-15H,3-4H2,1-2H3,(H,11,13)/p+2/t5-,6-,7-,8-,9-/m1/s1. The largest absolute Gasteiger partial charge is 0.388 e. The minimum atomic E-state index is -0.848. The quantitative estimate of drug-likeness (QED) is 0.428. The Labute approximate surface area is 105 Å². The van der Waals surface area contributed by atoms with Gasteiger partial charge < -0.3 is 20.3 Å². The third-order valence-electron chi connectivity index (χ3n) is 3.12. The fourth-order valence-electron chi connectivity index (χ4n) is 2.12. The number of amidine groups is 1. The van der Waals surface area contributed by atoms with Crippen LogP contribution in [-0.4, -0.2) is 65.3 Å². The molecule has 0 saturated carbocycles. The zero-order valence-electron chi connectivity index (χ0n) is 10.1. The van der Waals surface area contributed by atoms with E-state index >= 15 is 0 Å². The number of nitrogens with two attached hydrogens (primary N) is 2. The Morgan fingerprint density at radius 3 is 2.82 bits per heavy atom. The first-order chi connectivity index (χ1) is 8.17. The third kappa shape index (κ3) is 2.64. The van der Waals surface area contributed by atoms with Gasteiger partial charge in [-0.15, -0.1) is 0 Å². The number of thioether (sulfide) groups is 1. The van der Waals surface area contributed by atoms with Gasteiger partial charge in [-0.1, -0.05) is 0 Å². The van der Waals surface area contributed by atoms with Crippen molar-refractivity contribution in [3.8, 4) is 0 Å². The topological polar surface area (TPSA) is 95.3 Å². The molecule has 2 rings (SSSR count). The lowest BCUT2D eigenvalue weighted by Gasteiger charge is -2.37. The van der Waals surface area contributed by atoms with Crippen LogP contribution in [0.15, 0.2) is 4.99 Å². The Bertz CT molecular complexity index is 303. The van der Waals surface area contributed by atoms with E-state index in [0.717, 1.165) is 11.7 Å². The molecule has 6 nitrogen and oxygen atoms in total. The van der Waals surface area contributed by atoms with Crippen molar-refractivity contribution in [2.75, 3.05) is 20.1 Å². The van der Waals surface area contributed by atoms with Crippen LogP contribution in [0.2, 0.25) is 0 Å². The van der Waals surface area contributed by atoms with E-state index in [1.54, 1.807) is 0 Å². The van der Waals surface area contributed by atoms with Gasteiger partial charge in [-0.05, 0) is 18.7 Å². The lowest BCUT2D eigenvalue weighted by Crippen LogP contribution is -2.87. The maximum atomic E-state index is 10.1. The van der Waals surface area contributed by atoms with Crippen LogP contribution in [0.25, 0.3) is 0 Å². The van der Waals surface area contributed by atoms with Gasteiger partial charge in [0.1, 0.15) is 36.3 Å². The predicted molar refractivity (Wildman–Crippen MR) is 64.7 cm³/mol. The lowest BCUT2D eigenvalue weighted by molar-refractivity contribution is -0.660. The molecule has 1 fully saturated rings. The molecule has 0 aromatic heterocycles. The smallest absolute Gasteiger partial charge is 0.258 e. The van der Waals surface area contributed by atoms with Crippen LogP contribution in [0.1, 0.15) is 6.92 Å². The molecule has 7 heteroatoms. The van der Waals surface area contributed by atoms with E-state index in [0.29, 0.717) is 6.54 Å². The summed E-state index contributed by atoms with van der Waals surface area (Å²) >= 11 is 1.52. The molecular weight excluding hydrogens is 242 g/mol. The number of nitrogens with zero attached hydrogens (tertiary/aromatic N) is 1. The molecule has 2 heterocycles.